The third-order valence-corrected chi connectivity index (χ3v) is 2.69. The predicted molar refractivity (Wildman–Crippen MR) is 85.1 cm³/mol. The molecule has 0 aliphatic rings. The lowest BCUT2D eigenvalue weighted by Gasteiger charge is -2.02. The molecule has 0 aliphatic heterocycles. The van der Waals surface area contributed by atoms with Gasteiger partial charge in [0.05, 0.1) is 0 Å². The van der Waals surface area contributed by atoms with Gasteiger partial charge < -0.3 is 5.32 Å². The second kappa shape index (κ2) is 7.80. The van der Waals surface area contributed by atoms with Gasteiger partial charge in [-0.15, -0.1) is 0 Å². The fraction of sp³-hybridized carbons (Fsp3) is 0. The largest absolute Gasteiger partial charge is 0.437 e. The molecule has 2 aromatic rings. The van der Waals surface area contributed by atoms with E-state index in [1.807, 2.05) is 6.07 Å². The molecule has 0 fully saturated rings. The summed E-state index contributed by atoms with van der Waals surface area (Å²) in [5.74, 6) is -0.509. The first-order valence-corrected chi connectivity index (χ1v) is 6.64. The van der Waals surface area contributed by atoms with Crippen molar-refractivity contribution in [3.05, 3.63) is 59.6 Å². The van der Waals surface area contributed by atoms with Gasteiger partial charge in [0, 0.05) is 16.4 Å². The summed E-state index contributed by atoms with van der Waals surface area (Å²) in [5.41, 5.74) is 1.11. The molecule has 0 bridgehead atoms. The molecule has 6 nitrogen and oxygen atoms in total. The van der Waals surface area contributed by atoms with Crippen molar-refractivity contribution in [3.63, 3.8) is 0 Å². The number of hydrogen-bond donors (Lipinski definition) is 2. The zero-order chi connectivity index (χ0) is 15.8. The summed E-state index contributed by atoms with van der Waals surface area (Å²) in [4.78, 5) is 27.4. The van der Waals surface area contributed by atoms with Crippen LogP contribution in [0, 0.1) is 0 Å². The standard InChI is InChI=1S/C15H12ClN3O3/c16-11-6-8-13(9-7-11)19-15(21)22-17-10-14(20)18-12-4-2-1-3-5-12/h1-10H,(H,18,20)(H,19,21)/b17-10+. The lowest BCUT2D eigenvalue weighted by atomic mass is 10.3. The molecule has 2 N–H and O–H groups in total. The molecule has 0 aliphatic carbocycles. The summed E-state index contributed by atoms with van der Waals surface area (Å²) < 4.78 is 0. The number of benzene rings is 2. The van der Waals surface area contributed by atoms with Crippen LogP contribution >= 0.6 is 11.6 Å². The van der Waals surface area contributed by atoms with Crippen LogP contribution in [0.2, 0.25) is 5.02 Å². The van der Waals surface area contributed by atoms with Crippen LogP contribution in [0.15, 0.2) is 59.8 Å². The zero-order valence-corrected chi connectivity index (χ0v) is 12.1. The van der Waals surface area contributed by atoms with Gasteiger partial charge in [0.1, 0.15) is 6.21 Å². The molecule has 0 radical (unpaired) electrons. The van der Waals surface area contributed by atoms with Crippen molar-refractivity contribution in [2.45, 2.75) is 0 Å². The number of carbonyl (C=O) groups excluding carboxylic acids is 2. The second-order valence-electron chi connectivity index (χ2n) is 4.10. The Hall–Kier alpha value is -2.86. The highest BCUT2D eigenvalue weighted by Gasteiger charge is 2.03. The molecule has 0 aromatic heterocycles. The van der Waals surface area contributed by atoms with E-state index in [-0.39, 0.29) is 0 Å². The van der Waals surface area contributed by atoms with Crippen LogP contribution in [0.3, 0.4) is 0 Å². The molecular formula is C15H12ClN3O3. The monoisotopic (exact) mass is 317 g/mol. The van der Waals surface area contributed by atoms with Gasteiger partial charge in [-0.25, -0.2) is 4.79 Å². The molecular weight excluding hydrogens is 306 g/mol. The maximum Gasteiger partial charge on any atom is 0.437 e. The Morgan fingerprint density at radius 1 is 0.955 bits per heavy atom. The lowest BCUT2D eigenvalue weighted by molar-refractivity contribution is -0.110. The molecule has 0 saturated carbocycles. The van der Waals surface area contributed by atoms with Crippen LogP contribution in [0.5, 0.6) is 0 Å². The maximum atomic E-state index is 11.5. The topological polar surface area (TPSA) is 79.8 Å². The Bertz CT molecular complexity index is 672. The molecule has 0 heterocycles. The molecule has 2 aromatic carbocycles. The van der Waals surface area contributed by atoms with Crippen molar-refractivity contribution < 1.29 is 14.4 Å². The van der Waals surface area contributed by atoms with E-state index in [4.69, 9.17) is 11.6 Å². The van der Waals surface area contributed by atoms with Gasteiger partial charge in [0.2, 0.25) is 0 Å². The van der Waals surface area contributed by atoms with Crippen molar-refractivity contribution in [2.24, 2.45) is 5.16 Å². The number of hydrogen-bond acceptors (Lipinski definition) is 4. The normalized spacial score (nSPS) is 10.2. The van der Waals surface area contributed by atoms with Crippen molar-refractivity contribution in [2.75, 3.05) is 10.6 Å². The Morgan fingerprint density at radius 2 is 1.59 bits per heavy atom. The van der Waals surface area contributed by atoms with E-state index >= 15 is 0 Å². The van der Waals surface area contributed by atoms with E-state index in [0.717, 1.165) is 6.21 Å². The van der Waals surface area contributed by atoms with Gasteiger partial charge in [-0.05, 0) is 36.4 Å². The summed E-state index contributed by atoms with van der Waals surface area (Å²) in [7, 11) is 0. The van der Waals surface area contributed by atoms with Gasteiger partial charge in [0.15, 0.2) is 0 Å². The summed E-state index contributed by atoms with van der Waals surface area (Å²) in [6.45, 7) is 0. The van der Waals surface area contributed by atoms with Crippen molar-refractivity contribution in [3.8, 4) is 0 Å². The molecule has 0 saturated heterocycles. The van der Waals surface area contributed by atoms with Gasteiger partial charge in [0.25, 0.3) is 5.91 Å². The first-order valence-electron chi connectivity index (χ1n) is 6.26. The number of halogens is 1. The quantitative estimate of drug-likeness (QED) is 0.514. The zero-order valence-electron chi connectivity index (χ0n) is 11.3. The Labute approximate surface area is 131 Å². The van der Waals surface area contributed by atoms with Crippen molar-refractivity contribution >= 4 is 41.2 Å². The first-order chi connectivity index (χ1) is 10.6. The minimum absolute atomic E-state index is 0.498. The fourth-order valence-corrected chi connectivity index (χ4v) is 1.62. The molecule has 0 atom stereocenters. The number of anilines is 2. The maximum absolute atomic E-state index is 11.5. The molecule has 22 heavy (non-hydrogen) atoms. The first kappa shape index (κ1) is 15.5. The summed E-state index contributed by atoms with van der Waals surface area (Å²) >= 11 is 5.72. The predicted octanol–water partition coefficient (Wildman–Crippen LogP) is 3.51. The van der Waals surface area contributed by atoms with Gasteiger partial charge >= 0.3 is 6.09 Å². The lowest BCUT2D eigenvalue weighted by Crippen LogP contribution is -2.15. The average molecular weight is 318 g/mol. The Balaban J connectivity index is 1.78. The van der Waals surface area contributed by atoms with Crippen LogP contribution in [0.1, 0.15) is 0 Å². The van der Waals surface area contributed by atoms with E-state index in [0.29, 0.717) is 16.4 Å². The highest BCUT2D eigenvalue weighted by molar-refractivity contribution is 6.31. The van der Waals surface area contributed by atoms with Gasteiger partial charge in [-0.3, -0.25) is 14.9 Å². The smallest absolute Gasteiger partial charge is 0.321 e. The van der Waals surface area contributed by atoms with Crippen molar-refractivity contribution in [1.82, 2.24) is 0 Å². The SMILES string of the molecule is O=C(/C=N/OC(=O)Nc1ccc(Cl)cc1)Nc1ccccc1. The van der Waals surface area contributed by atoms with Crippen LogP contribution in [0.25, 0.3) is 0 Å². The molecule has 2 rings (SSSR count). The minimum Gasteiger partial charge on any atom is -0.321 e. The highest BCUT2D eigenvalue weighted by Crippen LogP contribution is 2.13. The number of rotatable bonds is 4. The third-order valence-electron chi connectivity index (χ3n) is 2.44. The van der Waals surface area contributed by atoms with Gasteiger partial charge in [-0.1, -0.05) is 35.0 Å². The number of para-hydroxylation sites is 1. The number of nitrogens with zero attached hydrogens (tertiary/aromatic N) is 1. The Morgan fingerprint density at radius 3 is 2.27 bits per heavy atom. The number of amides is 2. The fourth-order valence-electron chi connectivity index (χ4n) is 1.49. The third kappa shape index (κ3) is 5.26. The van der Waals surface area contributed by atoms with E-state index in [9.17, 15) is 9.59 Å². The molecule has 7 heteroatoms. The van der Waals surface area contributed by atoms with E-state index in [2.05, 4.69) is 20.6 Å². The highest BCUT2D eigenvalue weighted by atomic mass is 35.5. The number of carbonyl (C=O) groups is 2. The minimum atomic E-state index is -0.814. The van der Waals surface area contributed by atoms with Crippen molar-refractivity contribution in [1.29, 1.82) is 0 Å². The average Bonchev–Trinajstić information content (AvgIpc) is 2.50. The summed E-state index contributed by atoms with van der Waals surface area (Å²) in [6.07, 6.45) is 0.0557. The van der Waals surface area contributed by atoms with Crippen LogP contribution in [0.4, 0.5) is 16.2 Å². The van der Waals surface area contributed by atoms with E-state index in [1.54, 1.807) is 48.5 Å². The molecule has 0 spiro atoms. The molecule has 0 unspecified atom stereocenters. The number of nitrogens with one attached hydrogen (secondary N) is 2. The van der Waals surface area contributed by atoms with Crippen LogP contribution in [-0.4, -0.2) is 18.2 Å². The number of oxime groups is 1. The van der Waals surface area contributed by atoms with Crippen LogP contribution < -0.4 is 10.6 Å². The molecule has 112 valence electrons. The summed E-state index contributed by atoms with van der Waals surface area (Å²) in [5, 5.41) is 8.84. The van der Waals surface area contributed by atoms with E-state index in [1.165, 1.54) is 0 Å². The summed E-state index contributed by atoms with van der Waals surface area (Å²) in [6, 6.07) is 15.3. The van der Waals surface area contributed by atoms with E-state index < -0.39 is 12.0 Å². The molecule has 2 amide bonds. The second-order valence-corrected chi connectivity index (χ2v) is 4.54. The Kier molecular flexibility index (Phi) is 5.50. The van der Waals surface area contributed by atoms with Crippen LogP contribution in [-0.2, 0) is 9.63 Å². The van der Waals surface area contributed by atoms with Gasteiger partial charge in [-0.2, -0.15) is 0 Å².